The molecule has 1 aliphatic heterocycles. The number of quaternary nitrogens is 2. The van der Waals surface area contributed by atoms with Crippen LogP contribution in [0.5, 0.6) is 0 Å². The Morgan fingerprint density at radius 3 is 2.41 bits per heavy atom. The number of amides is 1. The predicted octanol–water partition coefficient (Wildman–Crippen LogP) is 0.781. The number of nitrogens with one attached hydrogen (secondary N) is 3. The minimum Gasteiger partial charge on any atom is -0.322 e. The summed E-state index contributed by atoms with van der Waals surface area (Å²) in [6.45, 7) is 10.2. The standard InChI is InChI=1S/C21H27ClN4O/c1-16(2)18-7-5-17(6-8-18)14-25-10-12-26(13-11-25)15-20(27)24-19-4-3-9-23-21(19)22/h3-9,16H,10-15H2,1-2H3,(H,24,27)/p+2. The minimum absolute atomic E-state index is 0.00683. The molecular weight excluding hydrogens is 360 g/mol. The van der Waals surface area contributed by atoms with Crippen LogP contribution in [0.2, 0.25) is 5.15 Å². The van der Waals surface area contributed by atoms with Crippen LogP contribution in [-0.2, 0) is 11.3 Å². The molecule has 3 N–H and O–H groups in total. The first-order valence-electron chi connectivity index (χ1n) is 9.67. The van der Waals surface area contributed by atoms with Gasteiger partial charge in [0, 0.05) is 11.8 Å². The molecule has 0 aliphatic carbocycles. The van der Waals surface area contributed by atoms with Crippen LogP contribution in [0.1, 0.15) is 30.9 Å². The van der Waals surface area contributed by atoms with E-state index in [-0.39, 0.29) is 5.91 Å². The molecule has 1 saturated heterocycles. The summed E-state index contributed by atoms with van der Waals surface area (Å²) in [6.07, 6.45) is 1.61. The largest absolute Gasteiger partial charge is 0.322 e. The lowest BCUT2D eigenvalue weighted by atomic mass is 10.0. The summed E-state index contributed by atoms with van der Waals surface area (Å²) < 4.78 is 0. The van der Waals surface area contributed by atoms with Crippen LogP contribution in [0.25, 0.3) is 0 Å². The van der Waals surface area contributed by atoms with Gasteiger partial charge in [-0.15, -0.1) is 0 Å². The molecule has 0 saturated carbocycles. The lowest BCUT2D eigenvalue weighted by molar-refractivity contribution is -1.02. The highest BCUT2D eigenvalue weighted by atomic mass is 35.5. The molecule has 1 amide bonds. The normalized spacial score (nSPS) is 19.9. The summed E-state index contributed by atoms with van der Waals surface area (Å²) in [6, 6.07) is 12.5. The lowest BCUT2D eigenvalue weighted by Gasteiger charge is -2.29. The zero-order valence-electron chi connectivity index (χ0n) is 16.1. The maximum atomic E-state index is 12.3. The minimum atomic E-state index is -0.00683. The van der Waals surface area contributed by atoms with Crippen LogP contribution >= 0.6 is 11.6 Å². The van der Waals surface area contributed by atoms with Crippen molar-refractivity contribution in [3.8, 4) is 0 Å². The Hall–Kier alpha value is -1.95. The first-order chi connectivity index (χ1) is 13.0. The Labute approximate surface area is 166 Å². The molecule has 0 unspecified atom stereocenters. The number of pyridine rings is 1. The van der Waals surface area contributed by atoms with E-state index < -0.39 is 0 Å². The average molecular weight is 389 g/mol. The fourth-order valence-corrected chi connectivity index (χ4v) is 3.69. The molecule has 2 aromatic rings. The Kier molecular flexibility index (Phi) is 6.83. The molecule has 0 radical (unpaired) electrons. The van der Waals surface area contributed by atoms with Crippen LogP contribution < -0.4 is 15.1 Å². The molecule has 0 bridgehead atoms. The van der Waals surface area contributed by atoms with Crippen molar-refractivity contribution in [2.24, 2.45) is 0 Å². The Morgan fingerprint density at radius 1 is 1.11 bits per heavy atom. The van der Waals surface area contributed by atoms with Gasteiger partial charge >= 0.3 is 0 Å². The summed E-state index contributed by atoms with van der Waals surface area (Å²) in [5, 5.41) is 3.19. The average Bonchev–Trinajstić information content (AvgIpc) is 2.66. The van der Waals surface area contributed by atoms with E-state index in [9.17, 15) is 4.79 Å². The van der Waals surface area contributed by atoms with Gasteiger partial charge in [-0.1, -0.05) is 49.7 Å². The van der Waals surface area contributed by atoms with Gasteiger partial charge in [-0.3, -0.25) is 4.79 Å². The zero-order valence-corrected chi connectivity index (χ0v) is 16.9. The molecule has 0 spiro atoms. The van der Waals surface area contributed by atoms with Gasteiger partial charge in [0.25, 0.3) is 5.91 Å². The highest BCUT2D eigenvalue weighted by molar-refractivity contribution is 6.32. The third kappa shape index (κ3) is 5.76. The first-order valence-corrected chi connectivity index (χ1v) is 10.1. The molecule has 1 aromatic carbocycles. The molecule has 3 rings (SSSR count). The predicted molar refractivity (Wildman–Crippen MR) is 108 cm³/mol. The number of aromatic nitrogens is 1. The molecule has 1 aliphatic rings. The number of rotatable bonds is 6. The second-order valence-corrected chi connectivity index (χ2v) is 8.00. The van der Waals surface area contributed by atoms with Crippen molar-refractivity contribution in [1.29, 1.82) is 0 Å². The van der Waals surface area contributed by atoms with Crippen molar-refractivity contribution >= 4 is 23.2 Å². The Balaban J connectivity index is 1.43. The van der Waals surface area contributed by atoms with Crippen molar-refractivity contribution in [2.45, 2.75) is 26.3 Å². The summed E-state index contributed by atoms with van der Waals surface area (Å²) in [5.74, 6) is 0.568. The molecule has 1 fully saturated rings. The fourth-order valence-electron chi connectivity index (χ4n) is 3.52. The summed E-state index contributed by atoms with van der Waals surface area (Å²) in [4.78, 5) is 19.2. The first kappa shape index (κ1) is 19.8. The number of carbonyl (C=O) groups excluding carboxylic acids is 1. The van der Waals surface area contributed by atoms with E-state index in [4.69, 9.17) is 11.6 Å². The van der Waals surface area contributed by atoms with Crippen LogP contribution in [-0.4, -0.2) is 43.6 Å². The van der Waals surface area contributed by atoms with Crippen molar-refractivity contribution in [2.75, 3.05) is 38.0 Å². The Bertz CT molecular complexity index is 755. The van der Waals surface area contributed by atoms with E-state index in [0.717, 1.165) is 32.7 Å². The van der Waals surface area contributed by atoms with Crippen molar-refractivity contribution in [3.05, 3.63) is 58.9 Å². The summed E-state index contributed by atoms with van der Waals surface area (Å²) in [7, 11) is 0. The number of nitrogens with zero attached hydrogens (tertiary/aromatic N) is 1. The molecule has 27 heavy (non-hydrogen) atoms. The fraction of sp³-hybridized carbons (Fsp3) is 0.429. The van der Waals surface area contributed by atoms with Crippen molar-refractivity contribution in [1.82, 2.24) is 4.98 Å². The smallest absolute Gasteiger partial charge is 0.279 e. The highest BCUT2D eigenvalue weighted by Gasteiger charge is 2.25. The van der Waals surface area contributed by atoms with E-state index in [1.165, 1.54) is 16.0 Å². The third-order valence-corrected chi connectivity index (χ3v) is 5.51. The third-order valence-electron chi connectivity index (χ3n) is 5.21. The van der Waals surface area contributed by atoms with E-state index >= 15 is 0 Å². The topological polar surface area (TPSA) is 50.9 Å². The van der Waals surface area contributed by atoms with Gasteiger partial charge in [0.2, 0.25) is 0 Å². The number of carbonyl (C=O) groups is 1. The number of hydrogen-bond donors (Lipinski definition) is 3. The molecule has 2 heterocycles. The van der Waals surface area contributed by atoms with Crippen LogP contribution in [0.3, 0.4) is 0 Å². The van der Waals surface area contributed by atoms with E-state index in [2.05, 4.69) is 48.4 Å². The number of piperazine rings is 1. The van der Waals surface area contributed by atoms with Crippen molar-refractivity contribution in [3.63, 3.8) is 0 Å². The van der Waals surface area contributed by atoms with Gasteiger partial charge in [-0.25, -0.2) is 4.98 Å². The number of anilines is 1. The van der Waals surface area contributed by atoms with Gasteiger partial charge in [0.1, 0.15) is 32.7 Å². The molecule has 6 heteroatoms. The van der Waals surface area contributed by atoms with E-state index in [1.807, 2.05) is 0 Å². The zero-order chi connectivity index (χ0) is 19.2. The van der Waals surface area contributed by atoms with Gasteiger partial charge in [0.05, 0.1) is 5.69 Å². The monoisotopic (exact) mass is 388 g/mol. The number of benzene rings is 1. The SMILES string of the molecule is CC(C)c1ccc(C[NH+]2CC[NH+](CC(=O)Nc3cccnc3Cl)CC2)cc1. The van der Waals surface area contributed by atoms with Gasteiger partial charge in [0.15, 0.2) is 11.7 Å². The van der Waals surface area contributed by atoms with Gasteiger partial charge < -0.3 is 15.1 Å². The number of hydrogen-bond acceptors (Lipinski definition) is 2. The quantitative estimate of drug-likeness (QED) is 0.640. The maximum absolute atomic E-state index is 12.3. The van der Waals surface area contributed by atoms with Crippen molar-refractivity contribution < 1.29 is 14.6 Å². The highest BCUT2D eigenvalue weighted by Crippen LogP contribution is 2.17. The summed E-state index contributed by atoms with van der Waals surface area (Å²) >= 11 is 6.00. The molecule has 5 nitrogen and oxygen atoms in total. The van der Waals surface area contributed by atoms with E-state index in [0.29, 0.717) is 23.3 Å². The van der Waals surface area contributed by atoms with Crippen LogP contribution in [0.4, 0.5) is 5.69 Å². The summed E-state index contributed by atoms with van der Waals surface area (Å²) in [5.41, 5.74) is 3.36. The molecule has 0 atom stereocenters. The molecule has 1 aromatic heterocycles. The van der Waals surface area contributed by atoms with Gasteiger partial charge in [-0.05, 0) is 23.6 Å². The molecule has 144 valence electrons. The lowest BCUT2D eigenvalue weighted by Crippen LogP contribution is -3.28. The van der Waals surface area contributed by atoms with E-state index in [1.54, 1.807) is 23.2 Å². The van der Waals surface area contributed by atoms with Gasteiger partial charge in [-0.2, -0.15) is 0 Å². The maximum Gasteiger partial charge on any atom is 0.279 e. The second kappa shape index (κ2) is 9.31. The van der Waals surface area contributed by atoms with Crippen LogP contribution in [0.15, 0.2) is 42.6 Å². The molecular formula is C21H29ClN4O+2. The number of halogens is 1. The van der Waals surface area contributed by atoms with Crippen LogP contribution in [0, 0.1) is 0 Å². The second-order valence-electron chi connectivity index (χ2n) is 7.64. The Morgan fingerprint density at radius 2 is 1.78 bits per heavy atom.